The lowest BCUT2D eigenvalue weighted by molar-refractivity contribution is 0.126. The molecule has 0 radical (unpaired) electrons. The predicted octanol–water partition coefficient (Wildman–Crippen LogP) is 3.60. The second kappa shape index (κ2) is 10.2. The van der Waals surface area contributed by atoms with Gasteiger partial charge in [-0.3, -0.25) is 0 Å². The van der Waals surface area contributed by atoms with Gasteiger partial charge in [0.25, 0.3) is 0 Å². The molecule has 0 saturated heterocycles. The molecule has 7 nitrogen and oxygen atoms in total. The Morgan fingerprint density at radius 3 is 2.52 bits per heavy atom. The van der Waals surface area contributed by atoms with Crippen molar-refractivity contribution < 1.29 is 13.2 Å². The van der Waals surface area contributed by atoms with Crippen LogP contribution in [0.2, 0.25) is 0 Å². The van der Waals surface area contributed by atoms with Crippen LogP contribution in [0.3, 0.4) is 0 Å². The normalized spacial score (nSPS) is 12.0. The number of anilines is 1. The summed E-state index contributed by atoms with van der Waals surface area (Å²) in [7, 11) is -3.19. The molecule has 0 aliphatic heterocycles. The lowest BCUT2D eigenvalue weighted by Crippen LogP contribution is -2.18. The highest BCUT2D eigenvalue weighted by atomic mass is 32.2. The molecule has 0 atom stereocenters. The van der Waals surface area contributed by atoms with Gasteiger partial charge in [0.05, 0.1) is 17.0 Å². The first-order valence-electron chi connectivity index (χ1n) is 10.8. The van der Waals surface area contributed by atoms with E-state index in [1.54, 1.807) is 0 Å². The molecule has 168 valence electrons. The van der Waals surface area contributed by atoms with E-state index < -0.39 is 9.84 Å². The number of pyridine rings is 1. The summed E-state index contributed by atoms with van der Waals surface area (Å²) in [5.74, 6) is 1.29. The van der Waals surface area contributed by atoms with Crippen LogP contribution in [0.25, 0.3) is 11.0 Å². The van der Waals surface area contributed by atoms with Crippen LogP contribution in [0.1, 0.15) is 42.4 Å². The van der Waals surface area contributed by atoms with Crippen LogP contribution in [-0.4, -0.2) is 41.1 Å². The van der Waals surface area contributed by atoms with Gasteiger partial charge in [-0.05, 0) is 51.2 Å². The topological polar surface area (TPSA) is 100 Å². The maximum absolute atomic E-state index is 12.7. The molecule has 2 aromatic heterocycles. The van der Waals surface area contributed by atoms with Gasteiger partial charge in [-0.25, -0.2) is 18.4 Å². The van der Waals surface area contributed by atoms with Crippen LogP contribution in [0.4, 0.5) is 5.82 Å². The SMILES string of the molecule is CCOCc1nc2c(N)nc(C)c(C)c2n1CCS(=O)(=O)CCCCc1ccccc1. The second-order valence-corrected chi connectivity index (χ2v) is 10.1. The molecule has 1 aromatic carbocycles. The summed E-state index contributed by atoms with van der Waals surface area (Å²) < 4.78 is 32.9. The van der Waals surface area contributed by atoms with Gasteiger partial charge in [0, 0.05) is 18.8 Å². The first-order chi connectivity index (χ1) is 14.8. The summed E-state index contributed by atoms with van der Waals surface area (Å²) >= 11 is 0. The Labute approximate surface area is 184 Å². The van der Waals surface area contributed by atoms with Crippen molar-refractivity contribution in [1.82, 2.24) is 14.5 Å². The Morgan fingerprint density at radius 1 is 1.06 bits per heavy atom. The fraction of sp³-hybridized carbons (Fsp3) is 0.478. The van der Waals surface area contributed by atoms with Crippen molar-refractivity contribution in [3.8, 4) is 0 Å². The van der Waals surface area contributed by atoms with Crippen LogP contribution < -0.4 is 5.73 Å². The Kier molecular flexibility index (Phi) is 7.67. The maximum Gasteiger partial charge on any atom is 0.152 e. The van der Waals surface area contributed by atoms with Crippen molar-refractivity contribution >= 4 is 26.7 Å². The number of unbranched alkanes of at least 4 members (excludes halogenated alkanes) is 1. The number of nitrogen functional groups attached to an aromatic ring is 1. The largest absolute Gasteiger partial charge is 0.382 e. The first-order valence-corrected chi connectivity index (χ1v) is 12.6. The lowest BCUT2D eigenvalue weighted by atomic mass is 10.1. The van der Waals surface area contributed by atoms with Crippen LogP contribution >= 0.6 is 0 Å². The highest BCUT2D eigenvalue weighted by molar-refractivity contribution is 7.91. The number of ether oxygens (including phenoxy) is 1. The summed E-state index contributed by atoms with van der Waals surface area (Å²) in [4.78, 5) is 8.98. The minimum absolute atomic E-state index is 0.0592. The fourth-order valence-electron chi connectivity index (χ4n) is 3.72. The number of aryl methyl sites for hydroxylation is 4. The number of nitrogens with two attached hydrogens (primary N) is 1. The highest BCUT2D eigenvalue weighted by Crippen LogP contribution is 2.26. The summed E-state index contributed by atoms with van der Waals surface area (Å²) in [6, 6.07) is 10.1. The number of fused-ring (bicyclic) bond motifs is 1. The van der Waals surface area contributed by atoms with Gasteiger partial charge in [-0.15, -0.1) is 0 Å². The van der Waals surface area contributed by atoms with E-state index in [1.807, 2.05) is 43.5 Å². The Morgan fingerprint density at radius 2 is 1.81 bits per heavy atom. The molecule has 0 amide bonds. The standard InChI is InChI=1S/C23H32N4O3S/c1-4-30-16-20-26-21-22(17(2)18(3)25-23(21)24)27(20)13-15-31(28,29)14-9-8-12-19-10-6-5-7-11-19/h5-7,10-11H,4,8-9,12-16H2,1-3H3,(H2,24,25). The number of imidazole rings is 1. The first kappa shape index (κ1) is 23.2. The van der Waals surface area contributed by atoms with E-state index in [0.29, 0.717) is 43.3 Å². The van der Waals surface area contributed by atoms with E-state index in [4.69, 9.17) is 10.5 Å². The minimum Gasteiger partial charge on any atom is -0.382 e. The van der Waals surface area contributed by atoms with Crippen LogP contribution in [0, 0.1) is 13.8 Å². The third-order valence-corrected chi connectivity index (χ3v) is 7.27. The van der Waals surface area contributed by atoms with Crippen molar-refractivity contribution in [3.05, 3.63) is 53.0 Å². The van der Waals surface area contributed by atoms with Crippen molar-refractivity contribution in [2.75, 3.05) is 23.8 Å². The minimum atomic E-state index is -3.19. The van der Waals surface area contributed by atoms with Gasteiger partial charge < -0.3 is 15.0 Å². The molecule has 2 heterocycles. The zero-order chi connectivity index (χ0) is 22.4. The van der Waals surface area contributed by atoms with Gasteiger partial charge in [-0.1, -0.05) is 30.3 Å². The number of benzene rings is 1. The molecule has 0 bridgehead atoms. The van der Waals surface area contributed by atoms with E-state index in [-0.39, 0.29) is 11.5 Å². The molecule has 2 N–H and O–H groups in total. The van der Waals surface area contributed by atoms with Gasteiger partial charge >= 0.3 is 0 Å². The van der Waals surface area contributed by atoms with Gasteiger partial charge in [-0.2, -0.15) is 0 Å². The number of sulfone groups is 1. The van der Waals surface area contributed by atoms with E-state index in [2.05, 4.69) is 22.1 Å². The molecule has 3 rings (SSSR count). The third kappa shape index (κ3) is 5.83. The van der Waals surface area contributed by atoms with Gasteiger partial charge in [0.2, 0.25) is 0 Å². The second-order valence-electron chi connectivity index (χ2n) is 7.82. The summed E-state index contributed by atoms with van der Waals surface area (Å²) in [5.41, 5.74) is 10.6. The zero-order valence-electron chi connectivity index (χ0n) is 18.6. The monoisotopic (exact) mass is 444 g/mol. The highest BCUT2D eigenvalue weighted by Gasteiger charge is 2.20. The molecule has 0 unspecified atom stereocenters. The van der Waals surface area contributed by atoms with E-state index in [1.165, 1.54) is 5.56 Å². The third-order valence-electron chi connectivity index (χ3n) is 5.55. The average Bonchev–Trinajstić information content (AvgIpc) is 3.12. The summed E-state index contributed by atoms with van der Waals surface area (Å²) in [6.45, 7) is 6.95. The molecule has 31 heavy (non-hydrogen) atoms. The van der Waals surface area contributed by atoms with Crippen LogP contribution in [-0.2, 0) is 34.1 Å². The van der Waals surface area contributed by atoms with E-state index in [9.17, 15) is 8.42 Å². The molecule has 0 spiro atoms. The fourth-order valence-corrected chi connectivity index (χ4v) is 5.03. The van der Waals surface area contributed by atoms with Crippen molar-refractivity contribution in [1.29, 1.82) is 0 Å². The molecule has 0 saturated carbocycles. The summed E-state index contributed by atoms with van der Waals surface area (Å²) in [5, 5.41) is 0. The lowest BCUT2D eigenvalue weighted by Gasteiger charge is -2.12. The van der Waals surface area contributed by atoms with Crippen molar-refractivity contribution in [2.24, 2.45) is 0 Å². The molecule has 0 aliphatic rings. The van der Waals surface area contributed by atoms with Crippen molar-refractivity contribution in [2.45, 2.75) is 53.2 Å². The molecule has 3 aromatic rings. The quantitative estimate of drug-likeness (QED) is 0.454. The Balaban J connectivity index is 1.71. The number of nitrogens with zero attached hydrogens (tertiary/aromatic N) is 3. The molecular formula is C23H32N4O3S. The van der Waals surface area contributed by atoms with E-state index in [0.717, 1.165) is 29.6 Å². The molecular weight excluding hydrogens is 412 g/mol. The molecule has 0 aliphatic carbocycles. The summed E-state index contributed by atoms with van der Waals surface area (Å²) in [6.07, 6.45) is 2.40. The smallest absolute Gasteiger partial charge is 0.152 e. The number of rotatable bonds is 11. The molecule has 8 heteroatoms. The maximum atomic E-state index is 12.7. The van der Waals surface area contributed by atoms with E-state index >= 15 is 0 Å². The number of aromatic nitrogens is 3. The average molecular weight is 445 g/mol. The predicted molar refractivity (Wildman–Crippen MR) is 125 cm³/mol. The van der Waals surface area contributed by atoms with Crippen LogP contribution in [0.15, 0.2) is 30.3 Å². The number of hydrogen-bond donors (Lipinski definition) is 1. The Bertz CT molecular complexity index is 1120. The number of hydrogen-bond acceptors (Lipinski definition) is 6. The van der Waals surface area contributed by atoms with Crippen LogP contribution in [0.5, 0.6) is 0 Å². The van der Waals surface area contributed by atoms with Gasteiger partial charge in [0.15, 0.2) is 15.7 Å². The van der Waals surface area contributed by atoms with Gasteiger partial charge in [0.1, 0.15) is 17.9 Å². The van der Waals surface area contributed by atoms with Crippen molar-refractivity contribution in [3.63, 3.8) is 0 Å². The zero-order valence-corrected chi connectivity index (χ0v) is 19.4. The Hall–Kier alpha value is -2.45. The molecule has 0 fully saturated rings.